The Morgan fingerprint density at radius 1 is 1.10 bits per heavy atom. The summed E-state index contributed by atoms with van der Waals surface area (Å²) in [7, 11) is -2.53. The van der Waals surface area contributed by atoms with Crippen LogP contribution in [-0.2, 0) is 16.4 Å². The Morgan fingerprint density at radius 2 is 1.90 bits per heavy atom. The van der Waals surface area contributed by atoms with Crippen LogP contribution in [0.5, 0.6) is 5.75 Å². The number of anilines is 2. The third-order valence-corrected chi connectivity index (χ3v) is 6.80. The lowest BCUT2D eigenvalue weighted by atomic mass is 10.0. The zero-order valence-electron chi connectivity index (χ0n) is 16.4. The number of carbonyl (C=O) groups is 1. The van der Waals surface area contributed by atoms with Crippen molar-refractivity contribution in [3.05, 3.63) is 78.0 Å². The second-order valence-electron chi connectivity index (χ2n) is 6.84. The van der Waals surface area contributed by atoms with Gasteiger partial charge in [0.25, 0.3) is 15.9 Å². The van der Waals surface area contributed by atoms with Crippen molar-refractivity contribution in [2.75, 3.05) is 23.3 Å². The molecule has 0 saturated heterocycles. The molecular formula is C22H21N3O4S. The van der Waals surface area contributed by atoms with Crippen molar-refractivity contribution in [1.29, 1.82) is 0 Å². The Bertz CT molecular complexity index is 1180. The molecule has 0 aliphatic carbocycles. The monoisotopic (exact) mass is 423 g/mol. The van der Waals surface area contributed by atoms with Crippen LogP contribution in [0.25, 0.3) is 0 Å². The molecule has 30 heavy (non-hydrogen) atoms. The van der Waals surface area contributed by atoms with Gasteiger partial charge in [0.05, 0.1) is 12.8 Å². The van der Waals surface area contributed by atoms with Crippen LogP contribution in [0.15, 0.2) is 71.8 Å². The summed E-state index contributed by atoms with van der Waals surface area (Å²) in [6.07, 6.45) is 3.11. The van der Waals surface area contributed by atoms with E-state index in [-0.39, 0.29) is 16.2 Å². The van der Waals surface area contributed by atoms with E-state index < -0.39 is 15.9 Å². The fourth-order valence-corrected chi connectivity index (χ4v) is 5.24. The van der Waals surface area contributed by atoms with E-state index in [0.717, 1.165) is 18.4 Å². The number of aryl methyl sites for hydroxylation is 1. The zero-order valence-corrected chi connectivity index (χ0v) is 17.2. The lowest BCUT2D eigenvalue weighted by Gasteiger charge is -2.31. The number of carbonyl (C=O) groups excluding carboxylic acids is 1. The molecular weight excluding hydrogens is 402 g/mol. The Labute approximate surface area is 175 Å². The van der Waals surface area contributed by atoms with E-state index in [2.05, 4.69) is 10.3 Å². The Hall–Kier alpha value is -3.39. The number of sulfonamides is 1. The first kappa shape index (κ1) is 19.9. The van der Waals surface area contributed by atoms with Crippen LogP contribution in [0.2, 0.25) is 0 Å². The Kier molecular flexibility index (Phi) is 5.41. The smallest absolute Gasteiger partial charge is 0.268 e. The van der Waals surface area contributed by atoms with Crippen molar-refractivity contribution < 1.29 is 17.9 Å². The second-order valence-corrected chi connectivity index (χ2v) is 8.67. The second kappa shape index (κ2) is 8.16. The Balaban J connectivity index is 1.73. The van der Waals surface area contributed by atoms with Gasteiger partial charge in [-0.1, -0.05) is 24.3 Å². The summed E-state index contributed by atoms with van der Waals surface area (Å²) in [5, 5.41) is 2.67. The van der Waals surface area contributed by atoms with Gasteiger partial charge in [0.2, 0.25) is 0 Å². The molecule has 7 nitrogen and oxygen atoms in total. The third kappa shape index (κ3) is 3.73. The van der Waals surface area contributed by atoms with Gasteiger partial charge in [-0.3, -0.25) is 9.10 Å². The van der Waals surface area contributed by atoms with Crippen molar-refractivity contribution in [1.82, 2.24) is 4.98 Å². The molecule has 2 heterocycles. The number of fused-ring (bicyclic) bond motifs is 1. The van der Waals surface area contributed by atoms with Gasteiger partial charge in [-0.15, -0.1) is 0 Å². The number of amides is 1. The van der Waals surface area contributed by atoms with Crippen LogP contribution < -0.4 is 14.4 Å². The molecule has 1 aromatic heterocycles. The van der Waals surface area contributed by atoms with Crippen molar-refractivity contribution in [2.45, 2.75) is 17.7 Å². The van der Waals surface area contributed by atoms with Crippen LogP contribution in [0, 0.1) is 0 Å². The van der Waals surface area contributed by atoms with E-state index in [1.807, 2.05) is 18.2 Å². The van der Waals surface area contributed by atoms with E-state index >= 15 is 0 Å². The summed E-state index contributed by atoms with van der Waals surface area (Å²) in [6, 6.07) is 17.0. The molecule has 0 atom stereocenters. The summed E-state index contributed by atoms with van der Waals surface area (Å²) in [6.45, 7) is 0.368. The predicted octanol–water partition coefficient (Wildman–Crippen LogP) is 3.48. The minimum atomic E-state index is -3.93. The number of nitrogens with one attached hydrogen (secondary N) is 1. The summed E-state index contributed by atoms with van der Waals surface area (Å²) in [5.74, 6) is 0.118. The number of benzene rings is 2. The fourth-order valence-electron chi connectivity index (χ4n) is 3.51. The standard InChI is InChI=1S/C22H21N3O4S/c1-29-19-12-11-17(22(26)24-21-10-4-5-13-23-21)15-20(19)30(27,28)25-14-6-8-16-7-2-3-9-18(16)25/h2-5,7,9-13,15H,6,8,14H2,1H3,(H,23,24,26). The highest BCUT2D eigenvalue weighted by atomic mass is 32.2. The fraction of sp³-hybridized carbons (Fsp3) is 0.182. The summed E-state index contributed by atoms with van der Waals surface area (Å²) in [5.41, 5.74) is 1.84. The predicted molar refractivity (Wildman–Crippen MR) is 114 cm³/mol. The number of rotatable bonds is 5. The number of pyridine rings is 1. The van der Waals surface area contributed by atoms with Gasteiger partial charge in [0.15, 0.2) is 0 Å². The van der Waals surface area contributed by atoms with Gasteiger partial charge in [-0.2, -0.15) is 0 Å². The molecule has 154 valence electrons. The van der Waals surface area contributed by atoms with E-state index in [1.165, 1.54) is 29.6 Å². The summed E-state index contributed by atoms with van der Waals surface area (Å²) < 4.78 is 33.8. The highest BCUT2D eigenvalue weighted by Crippen LogP contribution is 2.35. The first-order valence-corrected chi connectivity index (χ1v) is 11.0. The number of ether oxygens (including phenoxy) is 1. The number of nitrogens with zero attached hydrogens (tertiary/aromatic N) is 2. The van der Waals surface area contributed by atoms with Crippen LogP contribution >= 0.6 is 0 Å². The lowest BCUT2D eigenvalue weighted by molar-refractivity contribution is 0.102. The maximum Gasteiger partial charge on any atom is 0.268 e. The van der Waals surface area contributed by atoms with Crippen molar-refractivity contribution in [2.24, 2.45) is 0 Å². The van der Waals surface area contributed by atoms with Crippen molar-refractivity contribution >= 4 is 27.4 Å². The average Bonchev–Trinajstić information content (AvgIpc) is 2.78. The average molecular weight is 423 g/mol. The normalized spacial score (nSPS) is 13.4. The lowest BCUT2D eigenvalue weighted by Crippen LogP contribution is -2.35. The maximum absolute atomic E-state index is 13.6. The molecule has 1 aliphatic rings. The van der Waals surface area contributed by atoms with Crippen LogP contribution in [0.1, 0.15) is 22.3 Å². The van der Waals surface area contributed by atoms with Crippen molar-refractivity contribution in [3.8, 4) is 5.75 Å². The van der Waals surface area contributed by atoms with E-state index in [0.29, 0.717) is 18.1 Å². The zero-order chi connectivity index (χ0) is 21.1. The largest absolute Gasteiger partial charge is 0.495 e. The summed E-state index contributed by atoms with van der Waals surface area (Å²) >= 11 is 0. The molecule has 8 heteroatoms. The van der Waals surface area contributed by atoms with Gasteiger partial charge >= 0.3 is 0 Å². The first-order chi connectivity index (χ1) is 14.5. The van der Waals surface area contributed by atoms with E-state index in [9.17, 15) is 13.2 Å². The molecule has 0 fully saturated rings. The molecule has 1 aliphatic heterocycles. The number of para-hydroxylation sites is 1. The molecule has 2 aromatic carbocycles. The van der Waals surface area contributed by atoms with Gasteiger partial charge in [0.1, 0.15) is 16.5 Å². The number of hydrogen-bond donors (Lipinski definition) is 1. The van der Waals surface area contributed by atoms with Gasteiger partial charge < -0.3 is 10.1 Å². The quantitative estimate of drug-likeness (QED) is 0.679. The number of aromatic nitrogens is 1. The Morgan fingerprint density at radius 3 is 2.67 bits per heavy atom. The maximum atomic E-state index is 13.6. The molecule has 1 amide bonds. The topological polar surface area (TPSA) is 88.6 Å². The molecule has 3 aromatic rings. The molecule has 0 radical (unpaired) electrons. The van der Waals surface area contributed by atoms with Crippen LogP contribution in [-0.4, -0.2) is 33.0 Å². The summed E-state index contributed by atoms with van der Waals surface area (Å²) in [4.78, 5) is 16.7. The van der Waals surface area contributed by atoms with Gasteiger partial charge in [-0.05, 0) is 54.8 Å². The van der Waals surface area contributed by atoms with Crippen LogP contribution in [0.3, 0.4) is 0 Å². The SMILES string of the molecule is COc1ccc(C(=O)Nc2ccccn2)cc1S(=O)(=O)N1CCCc2ccccc21. The minimum Gasteiger partial charge on any atom is -0.495 e. The molecule has 0 bridgehead atoms. The van der Waals surface area contributed by atoms with Gasteiger partial charge in [0, 0.05) is 18.3 Å². The van der Waals surface area contributed by atoms with Crippen LogP contribution in [0.4, 0.5) is 11.5 Å². The van der Waals surface area contributed by atoms with E-state index in [1.54, 1.807) is 30.5 Å². The molecule has 0 spiro atoms. The first-order valence-electron chi connectivity index (χ1n) is 9.52. The minimum absolute atomic E-state index is 0.0460. The molecule has 4 rings (SSSR count). The number of hydrogen-bond acceptors (Lipinski definition) is 5. The molecule has 0 unspecified atom stereocenters. The van der Waals surface area contributed by atoms with E-state index in [4.69, 9.17) is 4.74 Å². The highest BCUT2D eigenvalue weighted by Gasteiger charge is 2.32. The third-order valence-electron chi connectivity index (χ3n) is 4.97. The van der Waals surface area contributed by atoms with Crippen molar-refractivity contribution in [3.63, 3.8) is 0 Å². The number of methoxy groups -OCH3 is 1. The van der Waals surface area contributed by atoms with Gasteiger partial charge in [-0.25, -0.2) is 13.4 Å². The highest BCUT2D eigenvalue weighted by molar-refractivity contribution is 7.93. The molecule has 0 saturated carbocycles. The molecule has 1 N–H and O–H groups in total.